The maximum atomic E-state index is 13.3. The molecule has 3 aromatic rings. The number of nitrogens with one attached hydrogen (secondary N) is 2. The molecular formula is C26H33N7O2. The summed E-state index contributed by atoms with van der Waals surface area (Å²) < 4.78 is 1.69. The maximum absolute atomic E-state index is 13.3. The third-order valence-corrected chi connectivity index (χ3v) is 6.42. The van der Waals surface area contributed by atoms with Crippen molar-refractivity contribution < 1.29 is 9.59 Å². The Morgan fingerprint density at radius 3 is 2.46 bits per heavy atom. The van der Waals surface area contributed by atoms with E-state index in [-0.39, 0.29) is 17.7 Å². The average Bonchev–Trinajstić information content (AvgIpc) is 3.27. The minimum Gasteiger partial charge on any atom is -0.359 e. The number of rotatable bonds is 8. The van der Waals surface area contributed by atoms with Crippen LogP contribution in [-0.2, 0) is 16.6 Å². The van der Waals surface area contributed by atoms with Gasteiger partial charge in [0.1, 0.15) is 11.9 Å². The smallest absolute Gasteiger partial charge is 0.247 e. The number of piperazine rings is 1. The summed E-state index contributed by atoms with van der Waals surface area (Å²) in [6.45, 7) is 6.59. The number of carbonyl (C=O) groups excluding carboxylic acids is 2. The number of aryl methyl sites for hydroxylation is 2. The van der Waals surface area contributed by atoms with E-state index >= 15 is 0 Å². The molecular weight excluding hydrogens is 442 g/mol. The topological polar surface area (TPSA) is 95.4 Å². The molecule has 2 amide bonds. The lowest BCUT2D eigenvalue weighted by Gasteiger charge is -2.33. The van der Waals surface area contributed by atoms with E-state index in [1.165, 1.54) is 11.1 Å². The number of anilines is 2. The van der Waals surface area contributed by atoms with E-state index in [1.807, 2.05) is 31.3 Å². The van der Waals surface area contributed by atoms with Crippen molar-refractivity contribution in [1.82, 2.24) is 25.0 Å². The summed E-state index contributed by atoms with van der Waals surface area (Å²) in [5.41, 5.74) is 4.08. The first kappa shape index (κ1) is 24.4. The summed E-state index contributed by atoms with van der Waals surface area (Å²) in [7, 11) is 3.64. The highest BCUT2D eigenvalue weighted by Crippen LogP contribution is 2.21. The Morgan fingerprint density at radius 2 is 1.83 bits per heavy atom. The molecule has 0 spiro atoms. The molecule has 2 aromatic heterocycles. The van der Waals surface area contributed by atoms with Gasteiger partial charge in [-0.3, -0.25) is 14.3 Å². The lowest BCUT2D eigenvalue weighted by molar-refractivity contribution is -0.129. The number of likely N-dealkylation sites (N-methyl/N-ethyl adjacent to an activating group) is 1. The Bertz CT molecular complexity index is 1160. The Kier molecular flexibility index (Phi) is 7.45. The fraction of sp³-hybridized carbons (Fsp3) is 0.385. The van der Waals surface area contributed by atoms with E-state index in [2.05, 4.69) is 58.8 Å². The first-order chi connectivity index (χ1) is 16.8. The van der Waals surface area contributed by atoms with Crippen LogP contribution >= 0.6 is 0 Å². The molecule has 4 rings (SSSR count). The summed E-state index contributed by atoms with van der Waals surface area (Å²) in [4.78, 5) is 33.4. The van der Waals surface area contributed by atoms with Gasteiger partial charge >= 0.3 is 0 Å². The highest BCUT2D eigenvalue weighted by molar-refractivity contribution is 5.94. The van der Waals surface area contributed by atoms with Crippen LogP contribution in [0.3, 0.4) is 0 Å². The minimum atomic E-state index is -0.576. The molecule has 0 aliphatic carbocycles. The Hall–Kier alpha value is -3.72. The Labute approximate surface area is 206 Å². The molecule has 1 unspecified atom stereocenters. The van der Waals surface area contributed by atoms with Gasteiger partial charge in [0.15, 0.2) is 0 Å². The minimum absolute atomic E-state index is 0.0823. The zero-order valence-corrected chi connectivity index (χ0v) is 20.7. The van der Waals surface area contributed by atoms with E-state index in [0.29, 0.717) is 25.5 Å². The van der Waals surface area contributed by atoms with Crippen LogP contribution in [0.15, 0.2) is 55.0 Å². The second kappa shape index (κ2) is 10.7. The zero-order valence-electron chi connectivity index (χ0n) is 20.7. The van der Waals surface area contributed by atoms with Gasteiger partial charge in [-0.15, -0.1) is 0 Å². The van der Waals surface area contributed by atoms with Crippen LogP contribution in [0, 0.1) is 6.92 Å². The third-order valence-electron chi connectivity index (χ3n) is 6.42. The van der Waals surface area contributed by atoms with Crippen molar-refractivity contribution in [2.75, 3.05) is 43.4 Å². The van der Waals surface area contributed by atoms with Crippen molar-refractivity contribution in [2.45, 2.75) is 25.8 Å². The molecule has 2 atom stereocenters. The van der Waals surface area contributed by atoms with Crippen LogP contribution in [0.2, 0.25) is 0 Å². The summed E-state index contributed by atoms with van der Waals surface area (Å²) in [6.07, 6.45) is 5.24. The molecule has 1 saturated heterocycles. The fourth-order valence-corrected chi connectivity index (χ4v) is 4.08. The number of pyridine rings is 1. The molecule has 0 bridgehead atoms. The van der Waals surface area contributed by atoms with Crippen LogP contribution in [-0.4, -0.2) is 64.7 Å². The molecule has 9 heteroatoms. The quantitative estimate of drug-likeness (QED) is 0.520. The molecule has 1 aliphatic rings. The molecule has 3 heterocycles. The molecule has 0 radical (unpaired) electrons. The number of nitrogens with zero attached hydrogens (tertiary/aromatic N) is 5. The number of aromatic nitrogens is 3. The molecule has 9 nitrogen and oxygen atoms in total. The van der Waals surface area contributed by atoms with Gasteiger partial charge in [-0.25, -0.2) is 4.98 Å². The van der Waals surface area contributed by atoms with E-state index < -0.39 is 6.04 Å². The highest BCUT2D eigenvalue weighted by Gasteiger charge is 2.24. The van der Waals surface area contributed by atoms with Crippen molar-refractivity contribution in [1.29, 1.82) is 0 Å². The van der Waals surface area contributed by atoms with Crippen LogP contribution < -0.4 is 15.5 Å². The van der Waals surface area contributed by atoms with Crippen LogP contribution in [0.5, 0.6) is 0 Å². The number of hydrogen-bond acceptors (Lipinski definition) is 6. The normalized spacial score (nSPS) is 15.7. The largest absolute Gasteiger partial charge is 0.359 e. The summed E-state index contributed by atoms with van der Waals surface area (Å²) >= 11 is 0. The van der Waals surface area contributed by atoms with Crippen LogP contribution in [0.1, 0.15) is 35.6 Å². The first-order valence-corrected chi connectivity index (χ1v) is 11.8. The van der Waals surface area contributed by atoms with Gasteiger partial charge in [0, 0.05) is 45.5 Å². The van der Waals surface area contributed by atoms with Gasteiger partial charge in [0.25, 0.3) is 0 Å². The molecule has 2 N–H and O–H groups in total. The highest BCUT2D eigenvalue weighted by atomic mass is 16.2. The van der Waals surface area contributed by atoms with E-state index in [9.17, 15) is 9.59 Å². The predicted molar refractivity (Wildman–Crippen MR) is 136 cm³/mol. The third kappa shape index (κ3) is 6.05. The van der Waals surface area contributed by atoms with Gasteiger partial charge in [-0.2, -0.15) is 5.10 Å². The van der Waals surface area contributed by atoms with E-state index in [1.54, 1.807) is 28.0 Å². The molecule has 184 valence electrons. The van der Waals surface area contributed by atoms with Gasteiger partial charge in [0.05, 0.1) is 24.6 Å². The lowest BCUT2D eigenvalue weighted by Crippen LogP contribution is -2.48. The monoisotopic (exact) mass is 475 g/mol. The van der Waals surface area contributed by atoms with Crippen molar-refractivity contribution in [3.8, 4) is 0 Å². The van der Waals surface area contributed by atoms with Crippen LogP contribution in [0.25, 0.3) is 0 Å². The average molecular weight is 476 g/mol. The Morgan fingerprint density at radius 1 is 1.06 bits per heavy atom. The number of hydrogen-bond donors (Lipinski definition) is 2. The lowest BCUT2D eigenvalue weighted by atomic mass is 9.99. The van der Waals surface area contributed by atoms with Crippen molar-refractivity contribution in [2.24, 2.45) is 7.05 Å². The second-order valence-corrected chi connectivity index (χ2v) is 9.23. The van der Waals surface area contributed by atoms with Gasteiger partial charge in [0.2, 0.25) is 11.8 Å². The molecule has 0 saturated carbocycles. The molecule has 1 aliphatic heterocycles. The Balaban J connectivity index is 1.42. The van der Waals surface area contributed by atoms with E-state index in [4.69, 9.17) is 0 Å². The first-order valence-electron chi connectivity index (χ1n) is 11.8. The van der Waals surface area contributed by atoms with Crippen molar-refractivity contribution in [3.63, 3.8) is 0 Å². The molecule has 1 fully saturated rings. The van der Waals surface area contributed by atoms with E-state index in [0.717, 1.165) is 17.8 Å². The standard InChI is InChI=1S/C26H33N7O2/c1-18-5-7-20(8-6-18)19(2)13-28-25(21-14-29-32(4)16-21)26(35)30-23-10-9-22(15-27-23)33-12-11-31(3)24(34)17-33/h5-10,14-16,19,25,28H,11-13,17H2,1-4H3,(H,27,30,35)/t19?,25-/m0/s1. The number of benzene rings is 1. The van der Waals surface area contributed by atoms with Crippen LogP contribution in [0.4, 0.5) is 11.5 Å². The predicted octanol–water partition coefficient (Wildman–Crippen LogP) is 2.48. The van der Waals surface area contributed by atoms with Crippen molar-refractivity contribution in [3.05, 3.63) is 71.7 Å². The second-order valence-electron chi connectivity index (χ2n) is 9.23. The zero-order chi connectivity index (χ0) is 24.9. The molecule has 35 heavy (non-hydrogen) atoms. The maximum Gasteiger partial charge on any atom is 0.247 e. The molecule has 1 aromatic carbocycles. The summed E-state index contributed by atoms with van der Waals surface area (Å²) in [5, 5.41) is 10.6. The van der Waals surface area contributed by atoms with Gasteiger partial charge in [-0.1, -0.05) is 36.8 Å². The SMILES string of the molecule is Cc1ccc(C(C)CN[C@H](C(=O)Nc2ccc(N3CCN(C)C(=O)C3)cn2)c2cnn(C)c2)cc1. The summed E-state index contributed by atoms with van der Waals surface area (Å²) in [5.74, 6) is 0.566. The number of amides is 2. The fourth-order valence-electron chi connectivity index (χ4n) is 4.08. The number of carbonyl (C=O) groups is 2. The van der Waals surface area contributed by atoms with Gasteiger partial charge in [-0.05, 0) is 30.5 Å². The van der Waals surface area contributed by atoms with Gasteiger partial charge < -0.3 is 20.4 Å². The van der Waals surface area contributed by atoms with Crippen molar-refractivity contribution >= 4 is 23.3 Å². The summed E-state index contributed by atoms with van der Waals surface area (Å²) in [6, 6.07) is 11.5.